The molecule has 2 N–H and O–H groups in total. The monoisotopic (exact) mass is 340 g/mol. The molecule has 0 bridgehead atoms. The molecule has 7 heteroatoms. The summed E-state index contributed by atoms with van der Waals surface area (Å²) >= 11 is 1.31. The number of nitrogens with zero attached hydrogens (tertiary/aromatic N) is 3. The van der Waals surface area contributed by atoms with E-state index >= 15 is 0 Å². The first kappa shape index (κ1) is 14.9. The van der Waals surface area contributed by atoms with E-state index in [-0.39, 0.29) is 11.3 Å². The summed E-state index contributed by atoms with van der Waals surface area (Å²) in [6, 6.07) is 12.4. The minimum absolute atomic E-state index is 0.252. The highest BCUT2D eigenvalue weighted by Gasteiger charge is 2.30. The van der Waals surface area contributed by atoms with Gasteiger partial charge in [-0.15, -0.1) is 0 Å². The summed E-state index contributed by atoms with van der Waals surface area (Å²) in [5, 5.41) is 0. The second-order valence-electron chi connectivity index (χ2n) is 5.11. The number of ether oxygens (including phenoxy) is 1. The number of thioether (sulfide) groups is 1. The summed E-state index contributed by atoms with van der Waals surface area (Å²) < 4.78 is 19.5. The van der Waals surface area contributed by atoms with Crippen molar-refractivity contribution in [2.24, 2.45) is 5.73 Å². The molecule has 0 saturated heterocycles. The topological polar surface area (TPSA) is 64.3 Å². The van der Waals surface area contributed by atoms with Gasteiger partial charge in [-0.25, -0.2) is 9.37 Å². The Morgan fingerprint density at radius 2 is 1.96 bits per heavy atom. The molecule has 1 aliphatic rings. The zero-order valence-electron chi connectivity index (χ0n) is 12.5. The van der Waals surface area contributed by atoms with Crippen LogP contribution in [0, 0.1) is 5.82 Å². The quantitative estimate of drug-likeness (QED) is 0.780. The molecule has 5 nitrogen and oxygen atoms in total. The maximum absolute atomic E-state index is 13.9. The van der Waals surface area contributed by atoms with Gasteiger partial charge in [-0.05, 0) is 36.4 Å². The van der Waals surface area contributed by atoms with Gasteiger partial charge >= 0.3 is 0 Å². The fourth-order valence-corrected chi connectivity index (χ4v) is 3.58. The zero-order valence-corrected chi connectivity index (χ0v) is 13.3. The van der Waals surface area contributed by atoms with Crippen molar-refractivity contribution < 1.29 is 9.13 Å². The van der Waals surface area contributed by atoms with Crippen LogP contribution in [0.25, 0.3) is 0 Å². The zero-order chi connectivity index (χ0) is 16.5. The number of anilines is 2. The van der Waals surface area contributed by atoms with Gasteiger partial charge in [0.2, 0.25) is 5.88 Å². The summed E-state index contributed by atoms with van der Waals surface area (Å²) in [6.07, 6.45) is 4.69. The van der Waals surface area contributed by atoms with Gasteiger partial charge in [-0.1, -0.05) is 17.8 Å². The first-order chi connectivity index (χ1) is 11.7. The van der Waals surface area contributed by atoms with Crippen LogP contribution in [0.5, 0.6) is 11.6 Å². The molecule has 2 heterocycles. The number of rotatable bonds is 3. The van der Waals surface area contributed by atoms with Crippen LogP contribution < -0.4 is 15.4 Å². The summed E-state index contributed by atoms with van der Waals surface area (Å²) in [4.78, 5) is 10.5. The Hall–Kier alpha value is -2.64. The molecule has 0 saturated carbocycles. The molecular formula is C17H13FN4OS. The van der Waals surface area contributed by atoms with Gasteiger partial charge in [-0.2, -0.15) is 0 Å². The summed E-state index contributed by atoms with van der Waals surface area (Å²) in [6.45, 7) is 0. The molecule has 0 amide bonds. The fourth-order valence-electron chi connectivity index (χ4n) is 2.53. The van der Waals surface area contributed by atoms with E-state index in [2.05, 4.69) is 9.97 Å². The van der Waals surface area contributed by atoms with E-state index < -0.39 is 0 Å². The molecular weight excluding hydrogens is 327 g/mol. The molecule has 1 atom stereocenters. The molecule has 0 radical (unpaired) electrons. The number of nitrogens with two attached hydrogens (primary N) is 1. The van der Waals surface area contributed by atoms with Crippen molar-refractivity contribution in [3.8, 4) is 11.6 Å². The maximum atomic E-state index is 13.9. The Kier molecular flexibility index (Phi) is 3.79. The van der Waals surface area contributed by atoms with E-state index in [0.29, 0.717) is 16.5 Å². The number of hydrogen-bond donors (Lipinski definition) is 1. The van der Waals surface area contributed by atoms with Crippen LogP contribution in [0.15, 0.2) is 66.0 Å². The van der Waals surface area contributed by atoms with Gasteiger partial charge < -0.3 is 15.4 Å². The number of halogens is 1. The first-order valence-corrected chi connectivity index (χ1v) is 8.14. The molecule has 3 aromatic rings. The molecule has 0 fully saturated rings. The van der Waals surface area contributed by atoms with Crippen molar-refractivity contribution in [2.45, 2.75) is 10.4 Å². The van der Waals surface area contributed by atoms with Crippen LogP contribution in [0.2, 0.25) is 0 Å². The fraction of sp³-hybridized carbons (Fsp3) is 0.0588. The lowest BCUT2D eigenvalue weighted by molar-refractivity contribution is 0.460. The Morgan fingerprint density at radius 3 is 2.71 bits per heavy atom. The SMILES string of the molecule is NC1Sc2c(F)cccc2N1c1ccc(Oc2cnccn2)cc1. The summed E-state index contributed by atoms with van der Waals surface area (Å²) in [7, 11) is 0. The van der Waals surface area contributed by atoms with Crippen molar-refractivity contribution in [1.82, 2.24) is 9.97 Å². The lowest BCUT2D eigenvalue weighted by Crippen LogP contribution is -2.31. The van der Waals surface area contributed by atoms with Crippen LogP contribution >= 0.6 is 11.8 Å². The van der Waals surface area contributed by atoms with Crippen LogP contribution in [0.3, 0.4) is 0 Å². The van der Waals surface area contributed by atoms with Gasteiger partial charge in [0.15, 0.2) is 0 Å². The van der Waals surface area contributed by atoms with Crippen LogP contribution in [0.1, 0.15) is 0 Å². The first-order valence-electron chi connectivity index (χ1n) is 7.26. The minimum atomic E-state index is -0.372. The summed E-state index contributed by atoms with van der Waals surface area (Å²) in [5.74, 6) is 0.809. The second kappa shape index (κ2) is 6.10. The molecule has 2 aromatic carbocycles. The van der Waals surface area contributed by atoms with Gasteiger partial charge in [0.05, 0.1) is 16.8 Å². The van der Waals surface area contributed by atoms with Gasteiger partial charge in [0.25, 0.3) is 0 Å². The van der Waals surface area contributed by atoms with Gasteiger partial charge in [0.1, 0.15) is 17.1 Å². The molecule has 0 aliphatic carbocycles. The Bertz CT molecular complexity index is 860. The average molecular weight is 340 g/mol. The van der Waals surface area contributed by atoms with E-state index in [0.717, 1.165) is 11.4 Å². The second-order valence-corrected chi connectivity index (χ2v) is 6.23. The standard InChI is InChI=1S/C17H13FN4OS/c18-13-2-1-3-14-16(13)24-17(19)22(14)11-4-6-12(7-5-11)23-15-10-20-8-9-21-15/h1-10,17H,19H2. The van der Waals surface area contributed by atoms with E-state index in [1.165, 1.54) is 17.8 Å². The largest absolute Gasteiger partial charge is 0.438 e. The van der Waals surface area contributed by atoms with E-state index in [1.807, 2.05) is 35.2 Å². The minimum Gasteiger partial charge on any atom is -0.438 e. The lowest BCUT2D eigenvalue weighted by Gasteiger charge is -2.23. The van der Waals surface area contributed by atoms with E-state index in [9.17, 15) is 4.39 Å². The molecule has 1 aliphatic heterocycles. The third-order valence-electron chi connectivity index (χ3n) is 3.58. The number of aromatic nitrogens is 2. The predicted molar refractivity (Wildman–Crippen MR) is 90.9 cm³/mol. The highest BCUT2D eigenvalue weighted by Crippen LogP contribution is 2.46. The molecule has 120 valence electrons. The Morgan fingerprint density at radius 1 is 1.12 bits per heavy atom. The maximum Gasteiger partial charge on any atom is 0.237 e. The molecule has 24 heavy (non-hydrogen) atoms. The number of hydrogen-bond acceptors (Lipinski definition) is 6. The highest BCUT2D eigenvalue weighted by atomic mass is 32.2. The Labute approximate surface area is 142 Å². The molecule has 1 unspecified atom stereocenters. The smallest absolute Gasteiger partial charge is 0.237 e. The number of benzene rings is 2. The predicted octanol–water partition coefficient (Wildman–Crippen LogP) is 3.89. The van der Waals surface area contributed by atoms with E-state index in [4.69, 9.17) is 10.5 Å². The molecule has 1 aromatic heterocycles. The number of fused-ring (bicyclic) bond motifs is 1. The van der Waals surface area contributed by atoms with Gasteiger partial charge in [-0.3, -0.25) is 4.98 Å². The van der Waals surface area contributed by atoms with E-state index in [1.54, 1.807) is 24.7 Å². The third kappa shape index (κ3) is 2.68. The van der Waals surface area contributed by atoms with Crippen molar-refractivity contribution >= 4 is 23.1 Å². The average Bonchev–Trinajstić information content (AvgIpc) is 2.94. The third-order valence-corrected chi connectivity index (χ3v) is 4.67. The van der Waals surface area contributed by atoms with Crippen molar-refractivity contribution in [3.05, 3.63) is 66.9 Å². The summed E-state index contributed by atoms with van der Waals surface area (Å²) in [5.41, 5.74) is 7.43. The van der Waals surface area contributed by atoms with Crippen LogP contribution in [-0.4, -0.2) is 15.5 Å². The van der Waals surface area contributed by atoms with Gasteiger partial charge in [0, 0.05) is 18.1 Å². The van der Waals surface area contributed by atoms with Crippen LogP contribution in [0.4, 0.5) is 15.8 Å². The normalized spacial score (nSPS) is 16.1. The highest BCUT2D eigenvalue weighted by molar-refractivity contribution is 8.00. The molecule has 0 spiro atoms. The van der Waals surface area contributed by atoms with Crippen molar-refractivity contribution in [1.29, 1.82) is 0 Å². The lowest BCUT2D eigenvalue weighted by atomic mass is 10.2. The van der Waals surface area contributed by atoms with Crippen molar-refractivity contribution in [2.75, 3.05) is 4.90 Å². The Balaban J connectivity index is 1.61. The van der Waals surface area contributed by atoms with Crippen LogP contribution in [-0.2, 0) is 0 Å². The molecule has 4 rings (SSSR count). The van der Waals surface area contributed by atoms with Crippen molar-refractivity contribution in [3.63, 3.8) is 0 Å².